The number of rotatable bonds is 27. The zero-order valence-electron chi connectivity index (χ0n) is 44.7. The van der Waals surface area contributed by atoms with E-state index in [2.05, 4.69) is 20.9 Å². The summed E-state index contributed by atoms with van der Waals surface area (Å²) in [4.78, 5) is 83.5. The second kappa shape index (κ2) is 27.6. The van der Waals surface area contributed by atoms with Crippen LogP contribution in [0.15, 0.2) is 164 Å². The summed E-state index contributed by atoms with van der Waals surface area (Å²) in [5, 5.41) is 8.91. The Hall–Kier alpha value is -7.90. The van der Waals surface area contributed by atoms with Gasteiger partial charge in [-0.15, -0.1) is 0 Å². The fourth-order valence-corrected chi connectivity index (χ4v) is 9.00. The molecule has 0 saturated heterocycles. The average Bonchev–Trinajstić information content (AvgIpc) is 3.39. The lowest BCUT2D eigenvalue weighted by molar-refractivity contribution is -0.00197. The van der Waals surface area contributed by atoms with E-state index in [0.717, 1.165) is 16.7 Å². The first kappa shape index (κ1) is 57.4. The lowest BCUT2D eigenvalue weighted by Gasteiger charge is -2.26. The highest BCUT2D eigenvalue weighted by molar-refractivity contribution is 6.07. The summed E-state index contributed by atoms with van der Waals surface area (Å²) in [6.07, 6.45) is 3.15. The number of carbonyl (C=O) groups is 6. The third kappa shape index (κ3) is 18.2. The van der Waals surface area contributed by atoms with Crippen LogP contribution >= 0.6 is 0 Å². The standard InChI is InChI=1S/C63H72N4O9/c1-61(2,43-46-25-10-7-11-26-46)74-58(71)52-34-19-16-31-49(52)55(68)64-37-22-40-67(41-23-38-65-56(69)50-32-17-20-35-53(50)59(72)75-62(3,4)44-47-27-12-8-13-28-47)42-24-39-66-57(70)51-33-18-21-36-54(51)60(73)76-63(5,6)45-48-29-14-9-15-30-48/h7-21,25-36H,22-24,37-45H2,1-6H3,(H,64,68)(H,65,69)(H,66,70). The van der Waals surface area contributed by atoms with Crippen LogP contribution in [-0.4, -0.2) is 96.6 Å². The van der Waals surface area contributed by atoms with Gasteiger partial charge in [-0.1, -0.05) is 127 Å². The van der Waals surface area contributed by atoms with E-state index >= 15 is 0 Å². The molecule has 0 aliphatic rings. The lowest BCUT2D eigenvalue weighted by Crippen LogP contribution is -2.36. The molecule has 0 aromatic heterocycles. The maximum atomic E-state index is 13.6. The first-order valence-corrected chi connectivity index (χ1v) is 26.0. The van der Waals surface area contributed by atoms with Gasteiger partial charge >= 0.3 is 17.9 Å². The van der Waals surface area contributed by atoms with E-state index in [1.807, 2.05) is 133 Å². The van der Waals surface area contributed by atoms with Crippen molar-refractivity contribution in [1.82, 2.24) is 20.9 Å². The lowest BCUT2D eigenvalue weighted by atomic mass is 9.98. The number of ether oxygens (including phenoxy) is 3. The van der Waals surface area contributed by atoms with E-state index in [1.54, 1.807) is 72.8 Å². The van der Waals surface area contributed by atoms with Gasteiger partial charge in [0.05, 0.1) is 33.4 Å². The maximum absolute atomic E-state index is 13.6. The van der Waals surface area contributed by atoms with Gasteiger partial charge in [-0.3, -0.25) is 14.4 Å². The van der Waals surface area contributed by atoms with Crippen LogP contribution in [-0.2, 0) is 33.5 Å². The molecule has 0 unspecified atom stereocenters. The molecule has 13 nitrogen and oxygen atoms in total. The maximum Gasteiger partial charge on any atom is 0.339 e. The van der Waals surface area contributed by atoms with Crippen LogP contribution in [0.5, 0.6) is 0 Å². The summed E-state index contributed by atoms with van der Waals surface area (Å²) in [6, 6.07) is 49.0. The molecule has 13 heteroatoms. The Bertz CT molecular complexity index is 2570. The summed E-state index contributed by atoms with van der Waals surface area (Å²) in [6.45, 7) is 13.6. The minimum atomic E-state index is -0.825. The van der Waals surface area contributed by atoms with Crippen molar-refractivity contribution in [1.29, 1.82) is 0 Å². The molecule has 3 amide bonds. The van der Waals surface area contributed by atoms with Gasteiger partial charge in [0.2, 0.25) is 0 Å². The van der Waals surface area contributed by atoms with Crippen LogP contribution in [0.25, 0.3) is 0 Å². The first-order valence-electron chi connectivity index (χ1n) is 26.0. The highest BCUT2D eigenvalue weighted by atomic mass is 16.6. The number of nitrogens with one attached hydrogen (secondary N) is 3. The monoisotopic (exact) mass is 1030 g/mol. The molecule has 0 fully saturated rings. The quantitative estimate of drug-likeness (QED) is 0.0256. The van der Waals surface area contributed by atoms with E-state index in [1.165, 1.54) is 0 Å². The molecule has 0 atom stereocenters. The van der Waals surface area contributed by atoms with Crippen molar-refractivity contribution < 1.29 is 43.0 Å². The fourth-order valence-electron chi connectivity index (χ4n) is 9.00. The van der Waals surface area contributed by atoms with Crippen molar-refractivity contribution in [2.75, 3.05) is 39.3 Å². The van der Waals surface area contributed by atoms with E-state index in [0.29, 0.717) is 77.8 Å². The Balaban J connectivity index is 1.05. The molecular formula is C63H72N4O9. The number of hydrogen-bond donors (Lipinski definition) is 3. The van der Waals surface area contributed by atoms with Crippen molar-refractivity contribution in [3.63, 3.8) is 0 Å². The number of esters is 3. The molecule has 0 aliphatic carbocycles. The van der Waals surface area contributed by atoms with Crippen molar-refractivity contribution in [3.05, 3.63) is 214 Å². The molecule has 398 valence electrons. The van der Waals surface area contributed by atoms with Crippen LogP contribution in [0.2, 0.25) is 0 Å². The van der Waals surface area contributed by atoms with Crippen molar-refractivity contribution in [3.8, 4) is 0 Å². The summed E-state index contributed by atoms with van der Waals surface area (Å²) in [7, 11) is 0. The largest absolute Gasteiger partial charge is 0.456 e. The third-order valence-electron chi connectivity index (χ3n) is 12.5. The van der Waals surface area contributed by atoms with Crippen LogP contribution in [0.4, 0.5) is 0 Å². The Labute approximate surface area is 447 Å². The fraction of sp³-hybridized carbons (Fsp3) is 0.333. The van der Waals surface area contributed by atoms with Crippen LogP contribution < -0.4 is 16.0 Å². The van der Waals surface area contributed by atoms with Gasteiger partial charge in [-0.2, -0.15) is 0 Å². The third-order valence-corrected chi connectivity index (χ3v) is 12.5. The van der Waals surface area contributed by atoms with Crippen molar-refractivity contribution in [2.45, 2.75) is 96.9 Å². The van der Waals surface area contributed by atoms with Crippen LogP contribution in [0.3, 0.4) is 0 Å². The van der Waals surface area contributed by atoms with Gasteiger partial charge in [0, 0.05) is 38.9 Å². The van der Waals surface area contributed by atoms with Gasteiger partial charge in [-0.05, 0) is 134 Å². The second-order valence-electron chi connectivity index (χ2n) is 20.7. The molecule has 0 bridgehead atoms. The highest BCUT2D eigenvalue weighted by Gasteiger charge is 2.30. The zero-order valence-corrected chi connectivity index (χ0v) is 44.7. The first-order chi connectivity index (χ1) is 36.4. The molecule has 6 rings (SSSR count). The van der Waals surface area contributed by atoms with Crippen LogP contribution in [0, 0.1) is 0 Å². The Morgan fingerprint density at radius 1 is 0.342 bits per heavy atom. The minimum absolute atomic E-state index is 0.171. The number of hydrogen-bond acceptors (Lipinski definition) is 10. The Morgan fingerprint density at radius 2 is 0.566 bits per heavy atom. The molecular weight excluding hydrogens is 957 g/mol. The van der Waals surface area contributed by atoms with Gasteiger partial charge in [0.15, 0.2) is 0 Å². The predicted octanol–water partition coefficient (Wildman–Crippen LogP) is 10.3. The molecule has 6 aromatic carbocycles. The Kier molecular flexibility index (Phi) is 20.8. The molecule has 0 radical (unpaired) electrons. The molecule has 3 N–H and O–H groups in total. The molecule has 6 aromatic rings. The molecule has 0 saturated carbocycles. The summed E-state index contributed by atoms with van der Waals surface area (Å²) < 4.78 is 17.8. The predicted molar refractivity (Wildman–Crippen MR) is 296 cm³/mol. The Morgan fingerprint density at radius 3 is 0.816 bits per heavy atom. The van der Waals surface area contributed by atoms with Gasteiger partial charge < -0.3 is 35.1 Å². The van der Waals surface area contributed by atoms with Gasteiger partial charge in [0.25, 0.3) is 17.7 Å². The van der Waals surface area contributed by atoms with E-state index in [9.17, 15) is 28.8 Å². The molecule has 76 heavy (non-hydrogen) atoms. The highest BCUT2D eigenvalue weighted by Crippen LogP contribution is 2.24. The normalized spacial score (nSPS) is 11.6. The minimum Gasteiger partial charge on any atom is -0.456 e. The van der Waals surface area contributed by atoms with E-state index < -0.39 is 52.4 Å². The second-order valence-corrected chi connectivity index (χ2v) is 20.7. The SMILES string of the molecule is CC(C)(Cc1ccccc1)OC(=O)c1ccccc1C(=O)NCCCN(CCCNC(=O)c1ccccc1C(=O)OC(C)(C)Cc1ccccc1)CCCNC(=O)c1ccccc1C(=O)OC(C)(C)Cc1ccccc1. The number of carbonyl (C=O) groups excluding carboxylic acids is 6. The molecule has 0 heterocycles. The summed E-state index contributed by atoms with van der Waals surface area (Å²) >= 11 is 0. The van der Waals surface area contributed by atoms with Crippen molar-refractivity contribution >= 4 is 35.6 Å². The zero-order chi connectivity index (χ0) is 54.6. The number of amides is 3. The van der Waals surface area contributed by atoms with E-state index in [4.69, 9.17) is 14.2 Å². The van der Waals surface area contributed by atoms with Gasteiger partial charge in [-0.25, -0.2) is 14.4 Å². The van der Waals surface area contributed by atoms with E-state index in [-0.39, 0.29) is 33.4 Å². The summed E-state index contributed by atoms with van der Waals surface area (Å²) in [5.74, 6) is -2.98. The van der Waals surface area contributed by atoms with Gasteiger partial charge in [0.1, 0.15) is 16.8 Å². The average molecular weight is 1030 g/mol. The van der Waals surface area contributed by atoms with Crippen molar-refractivity contribution in [2.24, 2.45) is 0 Å². The summed E-state index contributed by atoms with van der Waals surface area (Å²) in [5.41, 5.74) is 1.74. The van der Waals surface area contributed by atoms with Crippen LogP contribution in [0.1, 0.15) is 140 Å². The number of nitrogens with zero attached hydrogens (tertiary/aromatic N) is 1. The smallest absolute Gasteiger partial charge is 0.339 e. The molecule has 0 aliphatic heterocycles. The molecule has 0 spiro atoms. The number of benzene rings is 6. The topological polar surface area (TPSA) is 169 Å².